The molecule has 1 aromatic rings. The van der Waals surface area contributed by atoms with Crippen LogP contribution >= 0.6 is 0 Å². The van der Waals surface area contributed by atoms with Gasteiger partial charge in [-0.15, -0.1) is 0 Å². The van der Waals surface area contributed by atoms with E-state index in [0.717, 1.165) is 18.8 Å². The number of hydrogen-bond donors (Lipinski definition) is 0. The highest BCUT2D eigenvalue weighted by molar-refractivity contribution is 5.93. The van der Waals surface area contributed by atoms with Crippen LogP contribution in [0, 0.1) is 0 Å². The number of nitrogens with zero attached hydrogens (tertiary/aromatic N) is 5. The molecule has 0 aliphatic carbocycles. The first kappa shape index (κ1) is 19.9. The summed E-state index contributed by atoms with van der Waals surface area (Å²) in [6, 6.07) is 3.70. The molecular formula is C19H27N5O4. The fraction of sp³-hybridized carbons (Fsp3) is 0.579. The van der Waals surface area contributed by atoms with Crippen LogP contribution in [0.1, 0.15) is 24.3 Å². The first-order valence-corrected chi connectivity index (χ1v) is 9.67. The molecule has 3 amide bonds. The van der Waals surface area contributed by atoms with Crippen LogP contribution in [-0.4, -0.2) is 96.6 Å². The Kier molecular flexibility index (Phi) is 6.33. The van der Waals surface area contributed by atoms with E-state index in [1.54, 1.807) is 29.8 Å². The molecule has 2 saturated heterocycles. The minimum Gasteiger partial charge on any atom is -0.450 e. The molecule has 0 atom stereocenters. The minimum absolute atomic E-state index is 0.0900. The van der Waals surface area contributed by atoms with E-state index in [2.05, 4.69) is 9.88 Å². The molecule has 2 fully saturated rings. The number of carbonyl (C=O) groups is 3. The van der Waals surface area contributed by atoms with Gasteiger partial charge in [-0.3, -0.25) is 14.6 Å². The summed E-state index contributed by atoms with van der Waals surface area (Å²) >= 11 is 0. The molecule has 0 bridgehead atoms. The Balaban J connectivity index is 1.59. The molecule has 0 saturated carbocycles. The van der Waals surface area contributed by atoms with Crippen LogP contribution in [0.5, 0.6) is 0 Å². The van der Waals surface area contributed by atoms with Crippen LogP contribution in [0.25, 0.3) is 0 Å². The normalized spacial score (nSPS) is 17.5. The number of hydrogen-bond acceptors (Lipinski definition) is 6. The van der Waals surface area contributed by atoms with Crippen molar-refractivity contribution < 1.29 is 19.1 Å². The van der Waals surface area contributed by atoms with Crippen LogP contribution in [0.3, 0.4) is 0 Å². The summed E-state index contributed by atoms with van der Waals surface area (Å²) in [6.07, 6.45) is 1.31. The first-order chi connectivity index (χ1) is 13.5. The topological polar surface area (TPSA) is 86.3 Å². The van der Waals surface area contributed by atoms with Crippen LogP contribution in [0.2, 0.25) is 0 Å². The third-order valence-corrected chi connectivity index (χ3v) is 5.15. The van der Waals surface area contributed by atoms with Crippen molar-refractivity contribution in [2.24, 2.45) is 0 Å². The number of carbonyl (C=O) groups excluding carboxylic acids is 3. The maximum absolute atomic E-state index is 12.8. The summed E-state index contributed by atoms with van der Waals surface area (Å²) in [4.78, 5) is 47.7. The Morgan fingerprint density at radius 3 is 2.18 bits per heavy atom. The highest BCUT2D eigenvalue weighted by Crippen LogP contribution is 2.18. The van der Waals surface area contributed by atoms with E-state index >= 15 is 0 Å². The molecule has 9 nitrogen and oxygen atoms in total. The number of ether oxygens (including phenoxy) is 1. The molecular weight excluding hydrogens is 362 g/mol. The van der Waals surface area contributed by atoms with Gasteiger partial charge in [-0.05, 0) is 19.1 Å². The van der Waals surface area contributed by atoms with Crippen LogP contribution in [-0.2, 0) is 9.53 Å². The lowest BCUT2D eigenvalue weighted by atomic mass is 10.2. The quantitative estimate of drug-likeness (QED) is 0.755. The van der Waals surface area contributed by atoms with Crippen molar-refractivity contribution in [3.63, 3.8) is 0 Å². The lowest BCUT2D eigenvalue weighted by Gasteiger charge is -2.36. The summed E-state index contributed by atoms with van der Waals surface area (Å²) < 4.78 is 5.01. The maximum atomic E-state index is 12.8. The Bertz CT molecular complexity index is 725. The number of piperazine rings is 2. The number of amides is 3. The summed E-state index contributed by atoms with van der Waals surface area (Å²) in [5.41, 5.74) is 1.34. The van der Waals surface area contributed by atoms with Gasteiger partial charge in [0, 0.05) is 71.2 Å². The monoisotopic (exact) mass is 389 g/mol. The van der Waals surface area contributed by atoms with E-state index in [0.29, 0.717) is 51.6 Å². The third kappa shape index (κ3) is 4.52. The summed E-state index contributed by atoms with van der Waals surface area (Å²) in [7, 11) is 0. The molecule has 28 heavy (non-hydrogen) atoms. The fourth-order valence-corrected chi connectivity index (χ4v) is 3.48. The zero-order valence-corrected chi connectivity index (χ0v) is 16.5. The number of anilines is 1. The largest absolute Gasteiger partial charge is 0.450 e. The third-order valence-electron chi connectivity index (χ3n) is 5.15. The van der Waals surface area contributed by atoms with Gasteiger partial charge in [0.15, 0.2) is 0 Å². The van der Waals surface area contributed by atoms with Gasteiger partial charge in [-0.25, -0.2) is 4.79 Å². The first-order valence-electron chi connectivity index (χ1n) is 9.67. The lowest BCUT2D eigenvalue weighted by Crippen LogP contribution is -2.51. The van der Waals surface area contributed by atoms with Gasteiger partial charge in [-0.1, -0.05) is 0 Å². The average Bonchev–Trinajstić information content (AvgIpc) is 2.73. The second kappa shape index (κ2) is 8.90. The Hall–Kier alpha value is -2.84. The van der Waals surface area contributed by atoms with Crippen LogP contribution in [0.4, 0.5) is 10.5 Å². The van der Waals surface area contributed by atoms with E-state index in [9.17, 15) is 14.4 Å². The summed E-state index contributed by atoms with van der Waals surface area (Å²) in [6.45, 7) is 8.35. The molecule has 9 heteroatoms. The maximum Gasteiger partial charge on any atom is 0.409 e. The van der Waals surface area contributed by atoms with Gasteiger partial charge in [-0.2, -0.15) is 0 Å². The number of pyridine rings is 1. The summed E-state index contributed by atoms with van der Waals surface area (Å²) in [5.74, 6) is -0.0417. The standard InChI is InChI=1S/C19H27N5O4/c1-3-28-19(27)24-12-10-23(11-13-24)18(26)17-14-16(4-5-20-17)22-8-6-21(7-9-22)15(2)25/h4-5,14H,3,6-13H2,1-2H3. The van der Waals surface area contributed by atoms with Crippen molar-refractivity contribution in [3.8, 4) is 0 Å². The van der Waals surface area contributed by atoms with Gasteiger partial charge < -0.3 is 24.3 Å². The molecule has 1 aromatic heterocycles. The molecule has 3 heterocycles. The molecule has 0 unspecified atom stereocenters. The second-order valence-corrected chi connectivity index (χ2v) is 6.87. The minimum atomic E-state index is -0.334. The molecule has 152 valence electrons. The van der Waals surface area contributed by atoms with Gasteiger partial charge >= 0.3 is 6.09 Å². The number of rotatable bonds is 3. The van der Waals surface area contributed by atoms with Gasteiger partial charge in [0.2, 0.25) is 5.91 Å². The van der Waals surface area contributed by atoms with Crippen LogP contribution in [0.15, 0.2) is 18.3 Å². The Labute approximate surface area is 164 Å². The van der Waals surface area contributed by atoms with Crippen LogP contribution < -0.4 is 4.90 Å². The van der Waals surface area contributed by atoms with Gasteiger partial charge in [0.05, 0.1) is 6.61 Å². The zero-order valence-electron chi connectivity index (χ0n) is 16.5. The van der Waals surface area contributed by atoms with E-state index in [1.165, 1.54) is 0 Å². The van der Waals surface area contributed by atoms with E-state index in [-0.39, 0.29) is 17.9 Å². The molecule has 2 aliphatic rings. The SMILES string of the molecule is CCOC(=O)N1CCN(C(=O)c2cc(N3CCN(C(C)=O)CC3)ccn2)CC1. The van der Waals surface area contributed by atoms with E-state index in [1.807, 2.05) is 17.0 Å². The van der Waals surface area contributed by atoms with Crippen molar-refractivity contribution in [1.82, 2.24) is 19.7 Å². The predicted molar refractivity (Wildman–Crippen MR) is 103 cm³/mol. The van der Waals surface area contributed by atoms with Crippen molar-refractivity contribution >= 4 is 23.6 Å². The molecule has 0 spiro atoms. The molecule has 0 radical (unpaired) electrons. The highest BCUT2D eigenvalue weighted by Gasteiger charge is 2.27. The van der Waals surface area contributed by atoms with E-state index < -0.39 is 0 Å². The van der Waals surface area contributed by atoms with Crippen molar-refractivity contribution in [3.05, 3.63) is 24.0 Å². The van der Waals surface area contributed by atoms with E-state index in [4.69, 9.17) is 4.74 Å². The van der Waals surface area contributed by atoms with Crippen molar-refractivity contribution in [1.29, 1.82) is 0 Å². The molecule has 0 N–H and O–H groups in total. The van der Waals surface area contributed by atoms with Crippen molar-refractivity contribution in [2.75, 3.05) is 63.9 Å². The molecule has 3 rings (SSSR count). The van der Waals surface area contributed by atoms with Crippen molar-refractivity contribution in [2.45, 2.75) is 13.8 Å². The zero-order chi connectivity index (χ0) is 20.1. The Morgan fingerprint density at radius 2 is 1.57 bits per heavy atom. The Morgan fingerprint density at radius 1 is 0.964 bits per heavy atom. The average molecular weight is 389 g/mol. The van der Waals surface area contributed by atoms with Gasteiger partial charge in [0.1, 0.15) is 5.69 Å². The fourth-order valence-electron chi connectivity index (χ4n) is 3.48. The summed E-state index contributed by atoms with van der Waals surface area (Å²) in [5, 5.41) is 0. The smallest absolute Gasteiger partial charge is 0.409 e. The number of aromatic nitrogens is 1. The highest BCUT2D eigenvalue weighted by atomic mass is 16.6. The molecule has 0 aromatic carbocycles. The predicted octanol–water partition coefficient (Wildman–Crippen LogP) is 0.664. The lowest BCUT2D eigenvalue weighted by molar-refractivity contribution is -0.129. The van der Waals surface area contributed by atoms with Gasteiger partial charge in [0.25, 0.3) is 5.91 Å². The molecule has 2 aliphatic heterocycles. The second-order valence-electron chi connectivity index (χ2n) is 6.87.